The number of hydrogen-bond acceptors (Lipinski definition) is 8. The fourth-order valence-corrected chi connectivity index (χ4v) is 7.13. The molecule has 3 N–H and O–H groups in total. The lowest BCUT2D eigenvalue weighted by molar-refractivity contribution is -0.172. The number of pyridine rings is 2. The van der Waals surface area contributed by atoms with Crippen LogP contribution < -0.4 is 10.9 Å². The standard InChI is InChI=1S/C27H24FN3O6S/c1-3-27(36)14-6-18-21-12(8-31(18)23(32)13(14)9-37-25(27)34)19-17(30-24(33)26(35)4-5-26)10-38-22-11(2)15(28)7-16(29-21)20(19)22/h6-7,17,35-36H,3-5,8-10H2,1-2H3,(H,30,33)/t17-,27-/m0/s1. The number of fused-ring (bicyclic) bond motifs is 5. The van der Waals surface area contributed by atoms with Crippen molar-refractivity contribution in [1.29, 1.82) is 0 Å². The van der Waals surface area contributed by atoms with Gasteiger partial charge in [-0.05, 0) is 43.4 Å². The van der Waals surface area contributed by atoms with E-state index in [4.69, 9.17) is 9.72 Å². The molecule has 3 aromatic rings. The van der Waals surface area contributed by atoms with Crippen LogP contribution >= 0.6 is 11.8 Å². The van der Waals surface area contributed by atoms with Gasteiger partial charge in [0, 0.05) is 33.2 Å². The maximum absolute atomic E-state index is 15.0. The van der Waals surface area contributed by atoms with Crippen molar-refractivity contribution >= 4 is 34.5 Å². The van der Waals surface area contributed by atoms with Crippen LogP contribution in [0.3, 0.4) is 0 Å². The van der Waals surface area contributed by atoms with Gasteiger partial charge in [-0.25, -0.2) is 14.2 Å². The molecule has 1 saturated carbocycles. The summed E-state index contributed by atoms with van der Waals surface area (Å²) in [6.07, 6.45) is 0.820. The number of nitrogens with zero attached hydrogens (tertiary/aromatic N) is 2. The van der Waals surface area contributed by atoms with Crippen LogP contribution in [0, 0.1) is 12.7 Å². The van der Waals surface area contributed by atoms with Gasteiger partial charge in [-0.2, -0.15) is 0 Å². The van der Waals surface area contributed by atoms with Crippen LogP contribution in [0.2, 0.25) is 0 Å². The van der Waals surface area contributed by atoms with E-state index in [1.165, 1.54) is 22.4 Å². The lowest BCUT2D eigenvalue weighted by Crippen LogP contribution is -2.44. The topological polar surface area (TPSA) is 131 Å². The molecule has 1 aliphatic carbocycles. The van der Waals surface area contributed by atoms with Gasteiger partial charge in [-0.3, -0.25) is 9.59 Å². The van der Waals surface area contributed by atoms with Gasteiger partial charge in [0.2, 0.25) is 0 Å². The number of esters is 1. The molecule has 0 unspecified atom stereocenters. The molecule has 5 heterocycles. The molecule has 4 aliphatic rings. The van der Waals surface area contributed by atoms with Gasteiger partial charge in [-0.15, -0.1) is 11.8 Å². The molecule has 11 heteroatoms. The second kappa shape index (κ2) is 7.64. The zero-order valence-corrected chi connectivity index (χ0v) is 21.5. The van der Waals surface area contributed by atoms with Gasteiger partial charge in [0.05, 0.1) is 35.1 Å². The number of aromatic nitrogens is 2. The summed E-state index contributed by atoms with van der Waals surface area (Å²) in [6, 6.07) is 2.48. The van der Waals surface area contributed by atoms with Gasteiger partial charge < -0.3 is 24.8 Å². The van der Waals surface area contributed by atoms with Gasteiger partial charge in [0.25, 0.3) is 11.5 Å². The number of benzene rings is 1. The maximum atomic E-state index is 15.0. The Hall–Kier alpha value is -3.28. The monoisotopic (exact) mass is 537 g/mol. The molecule has 0 spiro atoms. The normalized spacial score (nSPS) is 23.9. The number of aliphatic hydroxyl groups is 2. The highest BCUT2D eigenvalue weighted by Crippen LogP contribution is 2.49. The Morgan fingerprint density at radius 2 is 2.05 bits per heavy atom. The molecular formula is C27H24FN3O6S. The van der Waals surface area contributed by atoms with Crippen LogP contribution in [0.5, 0.6) is 0 Å². The maximum Gasteiger partial charge on any atom is 0.343 e. The second-order valence-corrected chi connectivity index (χ2v) is 11.6. The summed E-state index contributed by atoms with van der Waals surface area (Å²) in [5.74, 6) is -1.24. The predicted octanol–water partition coefficient (Wildman–Crippen LogP) is 2.32. The molecule has 2 atom stereocenters. The molecule has 9 nitrogen and oxygen atoms in total. The molecular weight excluding hydrogens is 513 g/mol. The molecule has 196 valence electrons. The Morgan fingerprint density at radius 3 is 2.76 bits per heavy atom. The smallest absolute Gasteiger partial charge is 0.343 e. The van der Waals surface area contributed by atoms with Crippen LogP contribution in [0.4, 0.5) is 4.39 Å². The molecule has 0 saturated heterocycles. The average Bonchev–Trinajstić information content (AvgIpc) is 3.55. The quantitative estimate of drug-likeness (QED) is 0.340. The van der Waals surface area contributed by atoms with E-state index in [0.29, 0.717) is 46.6 Å². The van der Waals surface area contributed by atoms with Crippen LogP contribution in [0.1, 0.15) is 60.0 Å². The van der Waals surface area contributed by atoms with Crippen molar-refractivity contribution < 1.29 is 28.9 Å². The van der Waals surface area contributed by atoms with E-state index in [1.807, 2.05) is 0 Å². The first-order valence-corrected chi connectivity index (χ1v) is 13.5. The first-order valence-electron chi connectivity index (χ1n) is 12.6. The van der Waals surface area contributed by atoms with E-state index < -0.39 is 40.5 Å². The zero-order chi connectivity index (χ0) is 26.7. The van der Waals surface area contributed by atoms with Crippen molar-refractivity contribution in [2.45, 2.75) is 68.4 Å². The summed E-state index contributed by atoms with van der Waals surface area (Å²) < 4.78 is 21.6. The number of nitrogens with one attached hydrogen (secondary N) is 1. The van der Waals surface area contributed by atoms with Crippen LogP contribution in [-0.2, 0) is 33.1 Å². The number of carbonyl (C=O) groups excluding carboxylic acids is 2. The highest BCUT2D eigenvalue weighted by molar-refractivity contribution is 7.99. The SMILES string of the molecule is CC[C@@]1(O)C(=O)OCc2c1cc1n(c2=O)Cc2c-1nc1cc(F)c(C)c3c1c2[C@@H](NC(=O)C1(O)CC1)CS3. The molecule has 7 rings (SSSR count). The molecule has 3 aliphatic heterocycles. The van der Waals surface area contributed by atoms with Crippen LogP contribution in [0.25, 0.3) is 22.3 Å². The number of amides is 1. The summed E-state index contributed by atoms with van der Waals surface area (Å²) >= 11 is 1.43. The molecule has 0 bridgehead atoms. The Bertz CT molecular complexity index is 1700. The van der Waals surface area contributed by atoms with E-state index in [2.05, 4.69) is 5.32 Å². The van der Waals surface area contributed by atoms with E-state index in [-0.39, 0.29) is 30.7 Å². The predicted molar refractivity (Wildman–Crippen MR) is 135 cm³/mol. The summed E-state index contributed by atoms with van der Waals surface area (Å²) in [7, 11) is 0. The Kier molecular flexibility index (Phi) is 4.79. The number of ether oxygens (including phenoxy) is 1. The fraction of sp³-hybridized carbons (Fsp3) is 0.407. The van der Waals surface area contributed by atoms with Gasteiger partial charge in [0.15, 0.2) is 5.60 Å². The second-order valence-electron chi connectivity index (χ2n) is 10.5. The van der Waals surface area contributed by atoms with Crippen LogP contribution in [0.15, 0.2) is 21.8 Å². The van der Waals surface area contributed by atoms with Crippen molar-refractivity contribution in [3.63, 3.8) is 0 Å². The fourth-order valence-electron chi connectivity index (χ4n) is 5.88. The van der Waals surface area contributed by atoms with Crippen molar-refractivity contribution in [3.05, 3.63) is 56.1 Å². The molecule has 1 amide bonds. The van der Waals surface area contributed by atoms with Gasteiger partial charge in [-0.1, -0.05) is 6.92 Å². The van der Waals surface area contributed by atoms with Crippen molar-refractivity contribution in [3.8, 4) is 11.4 Å². The summed E-state index contributed by atoms with van der Waals surface area (Å²) in [6.45, 7) is 3.26. The third-order valence-corrected chi connectivity index (χ3v) is 9.65. The third-order valence-electron chi connectivity index (χ3n) is 8.35. The van der Waals surface area contributed by atoms with E-state index in [9.17, 15) is 29.0 Å². The minimum atomic E-state index is -1.96. The molecule has 0 radical (unpaired) electrons. The number of thioether (sulfide) groups is 1. The highest BCUT2D eigenvalue weighted by atomic mass is 32.2. The van der Waals surface area contributed by atoms with Gasteiger partial charge >= 0.3 is 5.97 Å². The minimum absolute atomic E-state index is 0.0209. The molecule has 38 heavy (non-hydrogen) atoms. The first kappa shape index (κ1) is 23.8. The lowest BCUT2D eigenvalue weighted by atomic mass is 9.86. The molecule has 1 aromatic carbocycles. The Morgan fingerprint density at radius 1 is 1.29 bits per heavy atom. The zero-order valence-electron chi connectivity index (χ0n) is 20.7. The highest BCUT2D eigenvalue weighted by Gasteiger charge is 2.49. The van der Waals surface area contributed by atoms with Gasteiger partial charge in [0.1, 0.15) is 18.0 Å². The lowest BCUT2D eigenvalue weighted by Gasteiger charge is -2.31. The Labute approximate surface area is 220 Å². The van der Waals surface area contributed by atoms with E-state index in [0.717, 1.165) is 15.8 Å². The van der Waals surface area contributed by atoms with Crippen molar-refractivity contribution in [2.24, 2.45) is 0 Å². The number of cyclic esters (lactones) is 1. The van der Waals surface area contributed by atoms with E-state index >= 15 is 0 Å². The largest absolute Gasteiger partial charge is 0.458 e. The first-order chi connectivity index (χ1) is 18.1. The number of halogens is 1. The van der Waals surface area contributed by atoms with Crippen molar-refractivity contribution in [2.75, 3.05) is 5.75 Å². The number of carbonyl (C=O) groups is 2. The summed E-state index contributed by atoms with van der Waals surface area (Å²) in [4.78, 5) is 44.5. The van der Waals surface area contributed by atoms with Crippen molar-refractivity contribution in [1.82, 2.24) is 14.9 Å². The number of hydrogen-bond donors (Lipinski definition) is 3. The Balaban J connectivity index is 1.49. The average molecular weight is 538 g/mol. The summed E-state index contributed by atoms with van der Waals surface area (Å²) in [5, 5.41) is 25.3. The molecule has 1 fully saturated rings. The van der Waals surface area contributed by atoms with Crippen LogP contribution in [-0.4, -0.2) is 43.0 Å². The summed E-state index contributed by atoms with van der Waals surface area (Å²) in [5.41, 5.74) is -0.124. The third kappa shape index (κ3) is 3.00. The molecule has 2 aromatic heterocycles. The van der Waals surface area contributed by atoms with E-state index in [1.54, 1.807) is 19.9 Å². The minimum Gasteiger partial charge on any atom is -0.458 e. The number of rotatable bonds is 3.